The van der Waals surface area contributed by atoms with Gasteiger partial charge in [-0.1, -0.05) is 0 Å². The molecule has 1 atom stereocenters. The predicted octanol–water partition coefficient (Wildman–Crippen LogP) is 0.167. The van der Waals surface area contributed by atoms with Gasteiger partial charge in [0, 0.05) is 27.2 Å². The highest BCUT2D eigenvalue weighted by Crippen LogP contribution is 2.01. The van der Waals surface area contributed by atoms with Crippen LogP contribution in [0.3, 0.4) is 0 Å². The summed E-state index contributed by atoms with van der Waals surface area (Å²) in [6, 6.07) is -0.498. The normalized spacial score (nSPS) is 12.1. The average Bonchev–Trinajstić information content (AvgIpc) is 2.22. The van der Waals surface area contributed by atoms with Crippen LogP contribution in [0.4, 0.5) is 4.79 Å². The van der Waals surface area contributed by atoms with E-state index in [2.05, 4.69) is 5.32 Å². The molecule has 0 rings (SSSR count). The Labute approximate surface area is 91.4 Å². The van der Waals surface area contributed by atoms with Gasteiger partial charge in [-0.3, -0.25) is 4.79 Å². The monoisotopic (exact) mass is 215 g/mol. The molecule has 88 valence electrons. The number of ketones is 1. The summed E-state index contributed by atoms with van der Waals surface area (Å²) in [4.78, 5) is 25.9. The second-order valence-corrected chi connectivity index (χ2v) is 3.71. The standard InChI is InChI=1S/C10H21N3O2/c1-8(9(2)14)13(5)10(15)12(4)7-6-11-3/h8,11H,6-7H2,1-5H3. The number of urea groups is 1. The minimum Gasteiger partial charge on any atom is -0.326 e. The van der Waals surface area contributed by atoms with Gasteiger partial charge in [-0.15, -0.1) is 0 Å². The van der Waals surface area contributed by atoms with Crippen LogP contribution in [0.1, 0.15) is 13.8 Å². The smallest absolute Gasteiger partial charge is 0.320 e. The molecule has 0 saturated heterocycles. The second-order valence-electron chi connectivity index (χ2n) is 3.71. The van der Waals surface area contributed by atoms with Crippen molar-refractivity contribution in [3.63, 3.8) is 0 Å². The lowest BCUT2D eigenvalue weighted by molar-refractivity contribution is -0.120. The Morgan fingerprint density at radius 2 is 1.87 bits per heavy atom. The quantitative estimate of drug-likeness (QED) is 0.711. The largest absolute Gasteiger partial charge is 0.326 e. The molecule has 15 heavy (non-hydrogen) atoms. The minimum atomic E-state index is -0.366. The Balaban J connectivity index is 4.24. The molecule has 1 unspecified atom stereocenters. The number of hydrogen-bond acceptors (Lipinski definition) is 3. The Morgan fingerprint density at radius 3 is 2.27 bits per heavy atom. The summed E-state index contributed by atoms with van der Waals surface area (Å²) in [6.45, 7) is 4.59. The van der Waals surface area contributed by atoms with E-state index in [0.717, 1.165) is 6.54 Å². The van der Waals surface area contributed by atoms with Crippen LogP contribution in [0.25, 0.3) is 0 Å². The fourth-order valence-electron chi connectivity index (χ4n) is 1.08. The van der Waals surface area contributed by atoms with E-state index in [1.54, 1.807) is 25.9 Å². The van der Waals surface area contributed by atoms with Crippen molar-refractivity contribution < 1.29 is 9.59 Å². The summed E-state index contributed by atoms with van der Waals surface area (Å²) in [6.07, 6.45) is 0. The third-order valence-electron chi connectivity index (χ3n) is 2.49. The van der Waals surface area contributed by atoms with Crippen LogP contribution in [0, 0.1) is 0 Å². The number of likely N-dealkylation sites (N-methyl/N-ethyl adjacent to an activating group) is 3. The third-order valence-corrected chi connectivity index (χ3v) is 2.49. The zero-order valence-electron chi connectivity index (χ0n) is 10.2. The number of carbonyl (C=O) groups excluding carboxylic acids is 2. The molecule has 1 N–H and O–H groups in total. The van der Waals surface area contributed by atoms with Crippen LogP contribution in [-0.2, 0) is 4.79 Å². The average molecular weight is 215 g/mol. The lowest BCUT2D eigenvalue weighted by atomic mass is 10.2. The molecule has 2 amide bonds. The van der Waals surface area contributed by atoms with Gasteiger partial charge in [-0.2, -0.15) is 0 Å². The van der Waals surface area contributed by atoms with Crippen molar-refractivity contribution in [1.29, 1.82) is 0 Å². The molecule has 0 aliphatic rings. The third kappa shape index (κ3) is 4.29. The Morgan fingerprint density at radius 1 is 1.33 bits per heavy atom. The van der Waals surface area contributed by atoms with Crippen LogP contribution in [0.15, 0.2) is 0 Å². The number of nitrogens with one attached hydrogen (secondary N) is 1. The van der Waals surface area contributed by atoms with E-state index in [9.17, 15) is 9.59 Å². The Hall–Kier alpha value is -1.10. The van der Waals surface area contributed by atoms with E-state index in [1.807, 2.05) is 7.05 Å². The van der Waals surface area contributed by atoms with Crippen LogP contribution in [0.5, 0.6) is 0 Å². The summed E-state index contributed by atoms with van der Waals surface area (Å²) in [5.74, 6) is -0.00661. The molecule has 0 aliphatic carbocycles. The highest BCUT2D eigenvalue weighted by molar-refractivity contribution is 5.86. The van der Waals surface area contributed by atoms with Crippen molar-refractivity contribution in [2.45, 2.75) is 19.9 Å². The molecule has 5 nitrogen and oxygen atoms in total. The first-order valence-electron chi connectivity index (χ1n) is 5.04. The van der Waals surface area contributed by atoms with Crippen LogP contribution >= 0.6 is 0 Å². The molecule has 0 aliphatic heterocycles. The van der Waals surface area contributed by atoms with Crippen molar-refractivity contribution in [2.75, 3.05) is 34.2 Å². The van der Waals surface area contributed by atoms with Gasteiger partial charge in [0.15, 0.2) is 5.78 Å². The Kier molecular flexibility index (Phi) is 5.93. The summed E-state index contributed by atoms with van der Waals surface area (Å²) in [5, 5.41) is 2.97. The van der Waals surface area contributed by atoms with Gasteiger partial charge in [0.2, 0.25) is 0 Å². The molecular weight excluding hydrogens is 194 g/mol. The maximum atomic E-state index is 11.8. The SMILES string of the molecule is CNCCN(C)C(=O)N(C)C(C)C(C)=O. The van der Waals surface area contributed by atoms with Crippen molar-refractivity contribution >= 4 is 11.8 Å². The lowest BCUT2D eigenvalue weighted by Gasteiger charge is -2.28. The molecule has 5 heteroatoms. The van der Waals surface area contributed by atoms with Gasteiger partial charge in [0.25, 0.3) is 0 Å². The molecule has 0 aromatic heterocycles. The van der Waals surface area contributed by atoms with E-state index in [-0.39, 0.29) is 17.9 Å². The number of Topliss-reactive ketones (excluding diaryl/α,β-unsaturated/α-hetero) is 1. The molecule has 0 spiro atoms. The number of nitrogens with zero attached hydrogens (tertiary/aromatic N) is 2. The molecule has 0 saturated carbocycles. The highest BCUT2D eigenvalue weighted by Gasteiger charge is 2.21. The number of hydrogen-bond donors (Lipinski definition) is 1. The first-order chi connectivity index (χ1) is 6.91. The maximum absolute atomic E-state index is 11.8. The minimum absolute atomic E-state index is 0.00661. The van der Waals surface area contributed by atoms with E-state index >= 15 is 0 Å². The van der Waals surface area contributed by atoms with Crippen molar-refractivity contribution in [2.24, 2.45) is 0 Å². The molecule has 0 aromatic carbocycles. The molecule has 0 heterocycles. The maximum Gasteiger partial charge on any atom is 0.320 e. The van der Waals surface area contributed by atoms with E-state index in [0.29, 0.717) is 6.54 Å². The highest BCUT2D eigenvalue weighted by atomic mass is 16.2. The fourth-order valence-corrected chi connectivity index (χ4v) is 1.08. The summed E-state index contributed by atoms with van der Waals surface area (Å²) < 4.78 is 0. The summed E-state index contributed by atoms with van der Waals surface area (Å²) in [7, 11) is 5.20. The molecule has 0 aromatic rings. The van der Waals surface area contributed by atoms with Crippen molar-refractivity contribution in [3.05, 3.63) is 0 Å². The van der Waals surface area contributed by atoms with E-state index < -0.39 is 0 Å². The number of carbonyl (C=O) groups is 2. The predicted molar refractivity (Wildman–Crippen MR) is 59.9 cm³/mol. The van der Waals surface area contributed by atoms with E-state index in [4.69, 9.17) is 0 Å². The Bertz CT molecular complexity index is 231. The summed E-state index contributed by atoms with van der Waals surface area (Å²) >= 11 is 0. The van der Waals surface area contributed by atoms with Gasteiger partial charge in [0.05, 0.1) is 6.04 Å². The van der Waals surface area contributed by atoms with Crippen LogP contribution < -0.4 is 5.32 Å². The number of amides is 2. The van der Waals surface area contributed by atoms with Crippen molar-refractivity contribution in [1.82, 2.24) is 15.1 Å². The van der Waals surface area contributed by atoms with E-state index in [1.165, 1.54) is 11.8 Å². The fraction of sp³-hybridized carbons (Fsp3) is 0.800. The zero-order chi connectivity index (χ0) is 12.0. The topological polar surface area (TPSA) is 52.7 Å². The van der Waals surface area contributed by atoms with Crippen molar-refractivity contribution in [3.8, 4) is 0 Å². The first-order valence-corrected chi connectivity index (χ1v) is 5.04. The summed E-state index contributed by atoms with van der Waals surface area (Å²) in [5.41, 5.74) is 0. The lowest BCUT2D eigenvalue weighted by Crippen LogP contribution is -2.47. The van der Waals surface area contributed by atoms with Gasteiger partial charge in [-0.05, 0) is 20.9 Å². The van der Waals surface area contributed by atoms with Gasteiger partial charge in [-0.25, -0.2) is 4.79 Å². The van der Waals surface area contributed by atoms with Crippen LogP contribution in [-0.4, -0.2) is 61.9 Å². The van der Waals surface area contributed by atoms with Gasteiger partial charge >= 0.3 is 6.03 Å². The van der Waals surface area contributed by atoms with Gasteiger partial charge < -0.3 is 15.1 Å². The second kappa shape index (κ2) is 6.40. The first kappa shape index (κ1) is 13.9. The van der Waals surface area contributed by atoms with Crippen LogP contribution in [0.2, 0.25) is 0 Å². The zero-order valence-corrected chi connectivity index (χ0v) is 10.2. The number of rotatable bonds is 5. The molecule has 0 fully saturated rings. The molecule has 0 radical (unpaired) electrons. The van der Waals surface area contributed by atoms with Gasteiger partial charge in [0.1, 0.15) is 0 Å². The molecular formula is C10H21N3O2. The molecule has 0 bridgehead atoms.